The number of rotatable bonds is 11. The van der Waals surface area contributed by atoms with Crippen molar-refractivity contribution in [3.8, 4) is 0 Å². The van der Waals surface area contributed by atoms with E-state index in [-0.39, 0.29) is 12.5 Å². The fraction of sp³-hybridized carbons (Fsp3) is 0.929. The molecule has 0 aromatic rings. The summed E-state index contributed by atoms with van der Waals surface area (Å²) in [4.78, 5) is 11.4. The van der Waals surface area contributed by atoms with Crippen LogP contribution in [0.1, 0.15) is 59.3 Å². The van der Waals surface area contributed by atoms with Crippen LogP contribution in [-0.2, 0) is 9.53 Å². The first-order valence-corrected chi connectivity index (χ1v) is 7.05. The Bertz CT molecular complexity index is 183. The summed E-state index contributed by atoms with van der Waals surface area (Å²) in [6, 6.07) is 0. The van der Waals surface area contributed by atoms with Gasteiger partial charge in [0.05, 0.1) is 0 Å². The molecule has 1 amide bonds. The first-order chi connectivity index (χ1) is 8.20. The molecule has 3 nitrogen and oxygen atoms in total. The number of ether oxygens (including phenoxy) is 1. The van der Waals surface area contributed by atoms with Crippen LogP contribution in [0.3, 0.4) is 0 Å². The van der Waals surface area contributed by atoms with Crippen LogP contribution >= 0.6 is 0 Å². The molecule has 1 N–H and O–H groups in total. The fourth-order valence-electron chi connectivity index (χ4n) is 1.46. The van der Waals surface area contributed by atoms with E-state index in [0.717, 1.165) is 19.4 Å². The molecule has 0 spiro atoms. The zero-order chi connectivity index (χ0) is 12.9. The second-order valence-electron chi connectivity index (χ2n) is 4.78. The minimum atomic E-state index is 0.0128. The number of hydrogen-bond acceptors (Lipinski definition) is 2. The summed E-state index contributed by atoms with van der Waals surface area (Å²) in [6.07, 6.45) is 7.22. The highest BCUT2D eigenvalue weighted by Crippen LogP contribution is 2.02. The second kappa shape index (κ2) is 11.9. The van der Waals surface area contributed by atoms with Crippen LogP contribution in [0.25, 0.3) is 0 Å². The molecule has 102 valence electrons. The third kappa shape index (κ3) is 11.7. The zero-order valence-electron chi connectivity index (χ0n) is 11.8. The molecule has 0 bridgehead atoms. The monoisotopic (exact) mass is 243 g/mol. The van der Waals surface area contributed by atoms with Crippen LogP contribution in [0.2, 0.25) is 0 Å². The van der Waals surface area contributed by atoms with E-state index in [4.69, 9.17) is 4.74 Å². The molecule has 0 aliphatic heterocycles. The maximum atomic E-state index is 11.4. The largest absolute Gasteiger partial charge is 0.372 e. The summed E-state index contributed by atoms with van der Waals surface area (Å²) < 4.78 is 5.33. The number of carbonyl (C=O) groups excluding carboxylic acids is 1. The molecule has 1 unspecified atom stereocenters. The molecule has 0 fully saturated rings. The van der Waals surface area contributed by atoms with Crippen molar-refractivity contribution >= 4 is 5.91 Å². The van der Waals surface area contributed by atoms with Crippen LogP contribution < -0.4 is 5.32 Å². The topological polar surface area (TPSA) is 38.3 Å². The van der Waals surface area contributed by atoms with E-state index in [9.17, 15) is 4.79 Å². The Morgan fingerprint density at radius 1 is 1.18 bits per heavy atom. The number of unbranched alkanes of at least 4 members (excludes halogenated alkanes) is 4. The Balaban J connectivity index is 3.22. The van der Waals surface area contributed by atoms with Gasteiger partial charge in [-0.3, -0.25) is 4.79 Å². The van der Waals surface area contributed by atoms with Gasteiger partial charge in [0.25, 0.3) is 0 Å². The molecule has 0 rings (SSSR count). The van der Waals surface area contributed by atoms with E-state index < -0.39 is 0 Å². The molecular formula is C14H29NO2. The normalized spacial score (nSPS) is 12.4. The number of nitrogens with one attached hydrogen (secondary N) is 1. The van der Waals surface area contributed by atoms with Gasteiger partial charge in [-0.15, -0.1) is 0 Å². The summed E-state index contributed by atoms with van der Waals surface area (Å²) in [5.41, 5.74) is 0. The first kappa shape index (κ1) is 16.4. The lowest BCUT2D eigenvalue weighted by molar-refractivity contribution is -0.125. The Labute approximate surface area is 106 Å². The molecule has 17 heavy (non-hydrogen) atoms. The van der Waals surface area contributed by atoms with Crippen molar-refractivity contribution < 1.29 is 9.53 Å². The Kier molecular flexibility index (Phi) is 11.5. The van der Waals surface area contributed by atoms with Gasteiger partial charge in [-0.1, -0.05) is 52.9 Å². The summed E-state index contributed by atoms with van der Waals surface area (Å²) in [7, 11) is 0. The molecule has 0 radical (unpaired) electrons. The second-order valence-corrected chi connectivity index (χ2v) is 4.78. The minimum Gasteiger partial charge on any atom is -0.372 e. The Morgan fingerprint density at radius 3 is 2.53 bits per heavy atom. The average molecular weight is 243 g/mol. The Hall–Kier alpha value is -0.570. The van der Waals surface area contributed by atoms with E-state index in [1.807, 2.05) is 0 Å². The van der Waals surface area contributed by atoms with Crippen LogP contribution in [0, 0.1) is 5.92 Å². The van der Waals surface area contributed by atoms with Crippen molar-refractivity contribution in [2.24, 2.45) is 5.92 Å². The van der Waals surface area contributed by atoms with E-state index >= 15 is 0 Å². The summed E-state index contributed by atoms with van der Waals surface area (Å²) >= 11 is 0. The lowest BCUT2D eigenvalue weighted by Crippen LogP contribution is -2.31. The van der Waals surface area contributed by atoms with E-state index in [1.54, 1.807) is 0 Å². The van der Waals surface area contributed by atoms with Gasteiger partial charge in [-0.2, -0.15) is 0 Å². The van der Waals surface area contributed by atoms with Gasteiger partial charge in [0, 0.05) is 13.2 Å². The SMILES string of the molecule is CCCCCCCOCC(=O)NCC(C)CC. The molecule has 0 aromatic carbocycles. The Morgan fingerprint density at radius 2 is 1.88 bits per heavy atom. The highest BCUT2D eigenvalue weighted by molar-refractivity contribution is 5.77. The number of hydrogen-bond donors (Lipinski definition) is 1. The molecule has 0 aliphatic rings. The van der Waals surface area contributed by atoms with Crippen molar-refractivity contribution in [3.05, 3.63) is 0 Å². The lowest BCUT2D eigenvalue weighted by atomic mass is 10.1. The number of amides is 1. The van der Waals surface area contributed by atoms with Gasteiger partial charge < -0.3 is 10.1 Å². The van der Waals surface area contributed by atoms with Crippen LogP contribution in [0.4, 0.5) is 0 Å². The third-order valence-corrected chi connectivity index (χ3v) is 2.97. The van der Waals surface area contributed by atoms with Gasteiger partial charge >= 0.3 is 0 Å². The molecule has 3 heteroatoms. The van der Waals surface area contributed by atoms with Gasteiger partial charge in [0.2, 0.25) is 5.91 Å². The maximum absolute atomic E-state index is 11.4. The van der Waals surface area contributed by atoms with Gasteiger partial charge in [0.1, 0.15) is 6.61 Å². The third-order valence-electron chi connectivity index (χ3n) is 2.97. The predicted molar refractivity (Wildman–Crippen MR) is 72.0 cm³/mol. The fourth-order valence-corrected chi connectivity index (χ4v) is 1.46. The molecular weight excluding hydrogens is 214 g/mol. The summed E-state index contributed by atoms with van der Waals surface area (Å²) in [5.74, 6) is 0.562. The van der Waals surface area contributed by atoms with Crippen molar-refractivity contribution in [1.82, 2.24) is 5.32 Å². The van der Waals surface area contributed by atoms with E-state index in [2.05, 4.69) is 26.1 Å². The predicted octanol–water partition coefficient (Wildman–Crippen LogP) is 3.14. The molecule has 0 saturated carbocycles. The highest BCUT2D eigenvalue weighted by atomic mass is 16.5. The van der Waals surface area contributed by atoms with E-state index in [0.29, 0.717) is 12.5 Å². The quantitative estimate of drug-likeness (QED) is 0.566. The molecule has 1 atom stereocenters. The number of carbonyl (C=O) groups is 1. The smallest absolute Gasteiger partial charge is 0.246 e. The van der Waals surface area contributed by atoms with Crippen molar-refractivity contribution in [2.45, 2.75) is 59.3 Å². The van der Waals surface area contributed by atoms with Crippen molar-refractivity contribution in [1.29, 1.82) is 0 Å². The summed E-state index contributed by atoms with van der Waals surface area (Å²) in [5, 5.41) is 2.88. The molecule has 0 saturated heterocycles. The van der Waals surface area contributed by atoms with Gasteiger partial charge in [0.15, 0.2) is 0 Å². The zero-order valence-corrected chi connectivity index (χ0v) is 11.8. The molecule has 0 aliphatic carbocycles. The highest BCUT2D eigenvalue weighted by Gasteiger charge is 2.03. The first-order valence-electron chi connectivity index (χ1n) is 7.05. The summed E-state index contributed by atoms with van der Waals surface area (Å²) in [6.45, 7) is 8.15. The van der Waals surface area contributed by atoms with Crippen LogP contribution in [-0.4, -0.2) is 25.7 Å². The average Bonchev–Trinajstić information content (AvgIpc) is 2.34. The van der Waals surface area contributed by atoms with Crippen molar-refractivity contribution in [2.75, 3.05) is 19.8 Å². The van der Waals surface area contributed by atoms with Gasteiger partial charge in [-0.05, 0) is 12.3 Å². The minimum absolute atomic E-state index is 0.0128. The molecule has 0 aromatic heterocycles. The lowest BCUT2D eigenvalue weighted by Gasteiger charge is -2.10. The van der Waals surface area contributed by atoms with Crippen LogP contribution in [0.15, 0.2) is 0 Å². The van der Waals surface area contributed by atoms with Crippen LogP contribution in [0.5, 0.6) is 0 Å². The maximum Gasteiger partial charge on any atom is 0.246 e. The molecule has 0 heterocycles. The standard InChI is InChI=1S/C14H29NO2/c1-4-6-7-8-9-10-17-12-14(16)15-11-13(3)5-2/h13H,4-12H2,1-3H3,(H,15,16). The van der Waals surface area contributed by atoms with Gasteiger partial charge in [-0.25, -0.2) is 0 Å². The van der Waals surface area contributed by atoms with E-state index in [1.165, 1.54) is 25.7 Å². The van der Waals surface area contributed by atoms with Crippen molar-refractivity contribution in [3.63, 3.8) is 0 Å².